The van der Waals surface area contributed by atoms with Crippen LogP contribution in [0, 0.1) is 5.82 Å². The summed E-state index contributed by atoms with van der Waals surface area (Å²) in [5.41, 5.74) is 8.18. The molecular formula is C17H15FN2O. The molecule has 0 spiro atoms. The van der Waals surface area contributed by atoms with Crippen LogP contribution in [0.5, 0.6) is 5.75 Å². The van der Waals surface area contributed by atoms with Crippen LogP contribution in [0.1, 0.15) is 11.1 Å². The fourth-order valence-electron chi connectivity index (χ4n) is 2.26. The Morgan fingerprint density at radius 2 is 1.95 bits per heavy atom. The summed E-state index contributed by atoms with van der Waals surface area (Å²) < 4.78 is 19.1. The van der Waals surface area contributed by atoms with E-state index in [0.717, 1.165) is 16.5 Å². The SMILES string of the molecule is NCc1cc(F)cc(OCc2ccnc3ccccc23)c1. The van der Waals surface area contributed by atoms with Gasteiger partial charge in [-0.05, 0) is 29.8 Å². The normalized spacial score (nSPS) is 10.8. The molecule has 1 heterocycles. The van der Waals surface area contributed by atoms with Crippen molar-refractivity contribution in [1.82, 2.24) is 4.98 Å². The Morgan fingerprint density at radius 3 is 2.81 bits per heavy atom. The largest absolute Gasteiger partial charge is 0.489 e. The van der Waals surface area contributed by atoms with Crippen molar-refractivity contribution >= 4 is 10.9 Å². The molecular weight excluding hydrogens is 267 g/mol. The molecule has 1 aromatic heterocycles. The molecule has 0 unspecified atom stereocenters. The molecule has 106 valence electrons. The van der Waals surface area contributed by atoms with Gasteiger partial charge >= 0.3 is 0 Å². The molecule has 0 saturated heterocycles. The standard InChI is InChI=1S/C17H15FN2O/c18-14-7-12(10-19)8-15(9-14)21-11-13-5-6-20-17-4-2-1-3-16(13)17/h1-9H,10-11,19H2. The van der Waals surface area contributed by atoms with Crippen molar-refractivity contribution in [2.75, 3.05) is 0 Å². The highest BCUT2D eigenvalue weighted by molar-refractivity contribution is 5.81. The predicted molar refractivity (Wildman–Crippen MR) is 80.4 cm³/mol. The lowest BCUT2D eigenvalue weighted by atomic mass is 10.1. The summed E-state index contributed by atoms with van der Waals surface area (Å²) in [5, 5.41) is 1.04. The molecule has 0 amide bonds. The highest BCUT2D eigenvalue weighted by Crippen LogP contribution is 2.21. The molecule has 0 aliphatic heterocycles. The first kappa shape index (κ1) is 13.5. The molecule has 3 aromatic rings. The van der Waals surface area contributed by atoms with Crippen LogP contribution in [0.2, 0.25) is 0 Å². The van der Waals surface area contributed by atoms with Gasteiger partial charge in [0.1, 0.15) is 18.2 Å². The van der Waals surface area contributed by atoms with E-state index in [-0.39, 0.29) is 12.4 Å². The second kappa shape index (κ2) is 5.89. The summed E-state index contributed by atoms with van der Waals surface area (Å²) in [6, 6.07) is 14.3. The van der Waals surface area contributed by atoms with E-state index < -0.39 is 0 Å². The Balaban J connectivity index is 1.85. The number of rotatable bonds is 4. The van der Waals surface area contributed by atoms with E-state index >= 15 is 0 Å². The Labute approximate surface area is 122 Å². The molecule has 3 rings (SSSR count). The van der Waals surface area contributed by atoms with Crippen LogP contribution in [0.4, 0.5) is 4.39 Å². The molecule has 0 aliphatic carbocycles. The first-order chi connectivity index (χ1) is 10.3. The van der Waals surface area contributed by atoms with Crippen molar-refractivity contribution in [1.29, 1.82) is 0 Å². The molecule has 21 heavy (non-hydrogen) atoms. The molecule has 2 aromatic carbocycles. The average molecular weight is 282 g/mol. The Kier molecular flexibility index (Phi) is 3.79. The Bertz CT molecular complexity index is 768. The third-order valence-electron chi connectivity index (χ3n) is 3.30. The molecule has 0 radical (unpaired) electrons. The van der Waals surface area contributed by atoms with Crippen molar-refractivity contribution < 1.29 is 9.13 Å². The molecule has 0 aliphatic rings. The molecule has 0 atom stereocenters. The fraction of sp³-hybridized carbons (Fsp3) is 0.118. The number of fused-ring (bicyclic) bond motifs is 1. The van der Waals surface area contributed by atoms with Gasteiger partial charge in [0.15, 0.2) is 0 Å². The third kappa shape index (κ3) is 3.01. The lowest BCUT2D eigenvalue weighted by Gasteiger charge is -2.10. The second-order valence-electron chi connectivity index (χ2n) is 4.78. The van der Waals surface area contributed by atoms with Crippen LogP contribution in [0.15, 0.2) is 54.7 Å². The maximum atomic E-state index is 13.4. The van der Waals surface area contributed by atoms with E-state index in [1.807, 2.05) is 30.3 Å². The zero-order valence-electron chi connectivity index (χ0n) is 11.4. The first-order valence-electron chi connectivity index (χ1n) is 6.71. The van der Waals surface area contributed by atoms with E-state index in [1.165, 1.54) is 12.1 Å². The number of aromatic nitrogens is 1. The summed E-state index contributed by atoms with van der Waals surface area (Å²) in [7, 11) is 0. The highest BCUT2D eigenvalue weighted by Gasteiger charge is 2.04. The van der Waals surface area contributed by atoms with E-state index in [9.17, 15) is 4.39 Å². The summed E-state index contributed by atoms with van der Waals surface area (Å²) >= 11 is 0. The molecule has 0 fully saturated rings. The van der Waals surface area contributed by atoms with Crippen molar-refractivity contribution in [3.8, 4) is 5.75 Å². The number of hydrogen-bond acceptors (Lipinski definition) is 3. The summed E-state index contributed by atoms with van der Waals surface area (Å²) in [5.74, 6) is 0.142. The minimum Gasteiger partial charge on any atom is -0.489 e. The quantitative estimate of drug-likeness (QED) is 0.797. The monoisotopic (exact) mass is 282 g/mol. The van der Waals surface area contributed by atoms with Crippen LogP contribution in [-0.2, 0) is 13.2 Å². The van der Waals surface area contributed by atoms with Gasteiger partial charge in [0, 0.05) is 29.8 Å². The summed E-state index contributed by atoms with van der Waals surface area (Å²) in [6.07, 6.45) is 1.75. The van der Waals surface area contributed by atoms with Crippen LogP contribution >= 0.6 is 0 Å². The highest BCUT2D eigenvalue weighted by atomic mass is 19.1. The molecule has 0 saturated carbocycles. The summed E-state index contributed by atoms with van der Waals surface area (Å²) in [4.78, 5) is 4.31. The topological polar surface area (TPSA) is 48.1 Å². The fourth-order valence-corrected chi connectivity index (χ4v) is 2.26. The lowest BCUT2D eigenvalue weighted by molar-refractivity contribution is 0.305. The van der Waals surface area contributed by atoms with Crippen molar-refractivity contribution in [3.05, 3.63) is 71.7 Å². The number of benzene rings is 2. The number of nitrogens with zero attached hydrogens (tertiary/aromatic N) is 1. The molecule has 0 bridgehead atoms. The van der Waals surface area contributed by atoms with Gasteiger partial charge in [0.25, 0.3) is 0 Å². The molecule has 2 N–H and O–H groups in total. The smallest absolute Gasteiger partial charge is 0.127 e. The number of nitrogens with two attached hydrogens (primary N) is 1. The van der Waals surface area contributed by atoms with Crippen molar-refractivity contribution in [3.63, 3.8) is 0 Å². The van der Waals surface area contributed by atoms with Gasteiger partial charge in [-0.3, -0.25) is 4.98 Å². The molecule has 4 heteroatoms. The zero-order chi connectivity index (χ0) is 14.7. The second-order valence-corrected chi connectivity index (χ2v) is 4.78. The molecule has 3 nitrogen and oxygen atoms in total. The Hall–Kier alpha value is -2.46. The number of pyridine rings is 1. The van der Waals surface area contributed by atoms with Crippen LogP contribution in [0.3, 0.4) is 0 Å². The van der Waals surface area contributed by atoms with Crippen molar-refractivity contribution in [2.45, 2.75) is 13.2 Å². The van der Waals surface area contributed by atoms with Crippen LogP contribution < -0.4 is 10.5 Å². The minimum absolute atomic E-state index is 0.284. The van der Waals surface area contributed by atoms with Gasteiger partial charge in [-0.25, -0.2) is 4.39 Å². The van der Waals surface area contributed by atoms with E-state index in [2.05, 4.69) is 4.98 Å². The Morgan fingerprint density at radius 1 is 1.10 bits per heavy atom. The van der Waals surface area contributed by atoms with Gasteiger partial charge in [-0.15, -0.1) is 0 Å². The van der Waals surface area contributed by atoms with E-state index in [1.54, 1.807) is 12.3 Å². The number of halogens is 1. The minimum atomic E-state index is -0.340. The maximum Gasteiger partial charge on any atom is 0.127 e. The summed E-state index contributed by atoms with van der Waals surface area (Å²) in [6.45, 7) is 0.642. The average Bonchev–Trinajstić information content (AvgIpc) is 2.52. The van der Waals surface area contributed by atoms with Crippen LogP contribution in [0.25, 0.3) is 10.9 Å². The third-order valence-corrected chi connectivity index (χ3v) is 3.30. The van der Waals surface area contributed by atoms with Gasteiger partial charge in [0.05, 0.1) is 5.52 Å². The first-order valence-corrected chi connectivity index (χ1v) is 6.71. The number of para-hydroxylation sites is 1. The van der Waals surface area contributed by atoms with Crippen LogP contribution in [-0.4, -0.2) is 4.98 Å². The predicted octanol–water partition coefficient (Wildman–Crippen LogP) is 3.41. The van der Waals surface area contributed by atoms with Crippen molar-refractivity contribution in [2.24, 2.45) is 5.73 Å². The van der Waals surface area contributed by atoms with Gasteiger partial charge in [-0.1, -0.05) is 18.2 Å². The number of ether oxygens (including phenoxy) is 1. The number of hydrogen-bond donors (Lipinski definition) is 1. The van der Waals surface area contributed by atoms with Gasteiger partial charge < -0.3 is 10.5 Å². The van der Waals surface area contributed by atoms with Gasteiger partial charge in [-0.2, -0.15) is 0 Å². The lowest BCUT2D eigenvalue weighted by Crippen LogP contribution is -2.01. The van der Waals surface area contributed by atoms with E-state index in [4.69, 9.17) is 10.5 Å². The zero-order valence-corrected chi connectivity index (χ0v) is 11.4. The van der Waals surface area contributed by atoms with Gasteiger partial charge in [0.2, 0.25) is 0 Å². The van der Waals surface area contributed by atoms with E-state index in [0.29, 0.717) is 17.9 Å². The maximum absolute atomic E-state index is 13.4.